The summed E-state index contributed by atoms with van der Waals surface area (Å²) in [5.74, 6) is 0.744. The first-order chi connectivity index (χ1) is 15.6. The fourth-order valence-electron chi connectivity index (χ4n) is 4.20. The van der Waals surface area contributed by atoms with Crippen molar-refractivity contribution in [2.75, 3.05) is 18.0 Å². The third-order valence-corrected chi connectivity index (χ3v) is 6.08. The predicted octanol–water partition coefficient (Wildman–Crippen LogP) is 3.77. The minimum Gasteiger partial charge on any atom is -0.444 e. The molecule has 0 spiro atoms. The molecule has 3 aromatic rings. The molecule has 0 radical (unpaired) electrons. The molecule has 1 amide bonds. The number of benzene rings is 1. The molecule has 4 rings (SSSR count). The molecule has 3 heterocycles. The molecule has 0 aliphatic carbocycles. The summed E-state index contributed by atoms with van der Waals surface area (Å²) in [6.07, 6.45) is 5.29. The van der Waals surface area contributed by atoms with Gasteiger partial charge in [-0.1, -0.05) is 29.8 Å². The lowest BCUT2D eigenvalue weighted by Gasteiger charge is -2.34. The summed E-state index contributed by atoms with van der Waals surface area (Å²) in [5.41, 5.74) is 1.64. The maximum atomic E-state index is 13.0. The van der Waals surface area contributed by atoms with E-state index in [4.69, 9.17) is 21.4 Å². The summed E-state index contributed by atoms with van der Waals surface area (Å²) in [6.45, 7) is 6.90. The number of piperidine rings is 1. The van der Waals surface area contributed by atoms with Crippen molar-refractivity contribution in [3.63, 3.8) is 0 Å². The second kappa shape index (κ2) is 9.09. The first-order valence-electron chi connectivity index (χ1n) is 11.2. The lowest BCUT2D eigenvalue weighted by molar-refractivity contribution is 0.0500. The van der Waals surface area contributed by atoms with Gasteiger partial charge in [-0.2, -0.15) is 0 Å². The maximum absolute atomic E-state index is 13.0. The number of ether oxygens (including phenoxy) is 1. The van der Waals surface area contributed by atoms with Gasteiger partial charge in [0.05, 0.1) is 0 Å². The van der Waals surface area contributed by atoms with Gasteiger partial charge in [0.2, 0.25) is 0 Å². The molecule has 0 bridgehead atoms. The lowest BCUT2D eigenvalue weighted by Crippen LogP contribution is -2.49. The molecule has 1 fully saturated rings. The minimum absolute atomic E-state index is 0.0746. The van der Waals surface area contributed by atoms with Gasteiger partial charge in [-0.3, -0.25) is 4.79 Å². The summed E-state index contributed by atoms with van der Waals surface area (Å²) >= 11 is 6.45. The van der Waals surface area contributed by atoms with E-state index in [9.17, 15) is 9.59 Å². The summed E-state index contributed by atoms with van der Waals surface area (Å²) in [5, 5.41) is 8.41. The van der Waals surface area contributed by atoms with Crippen molar-refractivity contribution in [1.82, 2.24) is 19.5 Å². The molecule has 2 aromatic heterocycles. The molecule has 1 saturated heterocycles. The van der Waals surface area contributed by atoms with E-state index < -0.39 is 11.7 Å². The van der Waals surface area contributed by atoms with Crippen LogP contribution in [0, 0.1) is 0 Å². The van der Waals surface area contributed by atoms with Crippen LogP contribution in [0.3, 0.4) is 0 Å². The molecule has 1 atom stereocenters. The largest absolute Gasteiger partial charge is 0.444 e. The number of fused-ring (bicyclic) bond motifs is 1. The first-order valence-corrected chi connectivity index (χ1v) is 11.5. The van der Waals surface area contributed by atoms with Crippen molar-refractivity contribution < 1.29 is 9.53 Å². The number of aryl methyl sites for hydroxylation is 1. The molecular weight excluding hydrogens is 442 g/mol. The van der Waals surface area contributed by atoms with Crippen LogP contribution < -0.4 is 15.8 Å². The van der Waals surface area contributed by atoms with Gasteiger partial charge in [0, 0.05) is 55.6 Å². The summed E-state index contributed by atoms with van der Waals surface area (Å²) in [4.78, 5) is 27.5. The Labute approximate surface area is 198 Å². The molecule has 1 N–H and O–H groups in total. The predicted molar refractivity (Wildman–Crippen MR) is 129 cm³/mol. The molecule has 1 aliphatic heterocycles. The molecule has 33 heavy (non-hydrogen) atoms. The van der Waals surface area contributed by atoms with Crippen LogP contribution in [-0.4, -0.2) is 45.0 Å². The fraction of sp³-hybridized carbons (Fsp3) is 0.458. The van der Waals surface area contributed by atoms with E-state index in [0.29, 0.717) is 23.5 Å². The van der Waals surface area contributed by atoms with Gasteiger partial charge in [-0.25, -0.2) is 9.31 Å². The Morgan fingerprint density at radius 2 is 2.03 bits per heavy atom. The van der Waals surface area contributed by atoms with Crippen LogP contribution in [0.2, 0.25) is 5.02 Å². The van der Waals surface area contributed by atoms with E-state index in [-0.39, 0.29) is 11.6 Å². The highest BCUT2D eigenvalue weighted by Gasteiger charge is 2.28. The van der Waals surface area contributed by atoms with E-state index in [2.05, 4.69) is 10.2 Å². The van der Waals surface area contributed by atoms with Crippen LogP contribution in [0.5, 0.6) is 0 Å². The van der Waals surface area contributed by atoms with E-state index in [1.54, 1.807) is 28.5 Å². The third-order valence-electron chi connectivity index (χ3n) is 5.71. The van der Waals surface area contributed by atoms with Crippen LogP contribution in [0.15, 0.2) is 41.5 Å². The number of hydrogen-bond donors (Lipinski definition) is 1. The number of alkyl carbamates (subject to hydrolysis) is 1. The number of amides is 1. The Morgan fingerprint density at radius 3 is 2.76 bits per heavy atom. The van der Waals surface area contributed by atoms with Crippen molar-refractivity contribution in [1.29, 1.82) is 0 Å². The molecule has 0 saturated carbocycles. The summed E-state index contributed by atoms with van der Waals surface area (Å²) in [7, 11) is 1.73. The van der Waals surface area contributed by atoms with E-state index in [1.807, 2.05) is 45.0 Å². The number of carbonyl (C=O) groups excluding carboxylic acids is 1. The van der Waals surface area contributed by atoms with Crippen LogP contribution in [0.4, 0.5) is 10.6 Å². The molecule has 0 unspecified atom stereocenters. The van der Waals surface area contributed by atoms with Gasteiger partial charge in [0.25, 0.3) is 5.56 Å². The van der Waals surface area contributed by atoms with Crippen molar-refractivity contribution in [3.8, 4) is 0 Å². The standard InChI is InChI=1S/C24H30ClN5O3/c1-24(2,3)33-23(32)26-17-9-7-11-29(15-17)21-18(14-16-8-5-6-10-19(16)25)20-22(31)28(4)12-13-30(20)27-21/h5-6,8,10,12-13,17H,7,9,11,14-15H2,1-4H3,(H,26,32)/t17-/m1/s1. The highest BCUT2D eigenvalue weighted by atomic mass is 35.5. The van der Waals surface area contributed by atoms with Gasteiger partial charge in [0.15, 0.2) is 5.82 Å². The number of aromatic nitrogens is 3. The molecular formula is C24H30ClN5O3. The number of hydrogen-bond acceptors (Lipinski definition) is 5. The zero-order valence-electron chi connectivity index (χ0n) is 19.5. The van der Waals surface area contributed by atoms with Crippen LogP contribution in [0.25, 0.3) is 5.52 Å². The normalized spacial score (nSPS) is 16.8. The van der Waals surface area contributed by atoms with Crippen LogP contribution in [-0.2, 0) is 18.2 Å². The molecule has 9 heteroatoms. The number of nitrogens with zero attached hydrogens (tertiary/aromatic N) is 4. The molecule has 1 aliphatic rings. The van der Waals surface area contributed by atoms with E-state index in [1.165, 1.54) is 0 Å². The van der Waals surface area contributed by atoms with Gasteiger partial charge >= 0.3 is 6.09 Å². The Bertz CT molecular complexity index is 1230. The smallest absolute Gasteiger partial charge is 0.407 e. The SMILES string of the molecule is Cn1ccn2nc(N3CCC[C@@H](NC(=O)OC(C)(C)C)C3)c(Cc3ccccc3Cl)c2c1=O. The van der Waals surface area contributed by atoms with Crippen LogP contribution in [0.1, 0.15) is 44.7 Å². The topological polar surface area (TPSA) is 80.9 Å². The van der Waals surface area contributed by atoms with Crippen molar-refractivity contribution in [3.05, 3.63) is 63.2 Å². The van der Waals surface area contributed by atoms with E-state index in [0.717, 1.165) is 36.3 Å². The Balaban J connectivity index is 1.68. The average molecular weight is 472 g/mol. The van der Waals surface area contributed by atoms with E-state index >= 15 is 0 Å². The zero-order chi connectivity index (χ0) is 23.8. The Hall–Kier alpha value is -3.00. The number of carbonyl (C=O) groups is 1. The van der Waals surface area contributed by atoms with Crippen molar-refractivity contribution in [2.45, 2.75) is 51.7 Å². The average Bonchev–Trinajstić information content (AvgIpc) is 3.10. The van der Waals surface area contributed by atoms with Gasteiger partial charge in [0.1, 0.15) is 11.1 Å². The third kappa shape index (κ3) is 5.16. The summed E-state index contributed by atoms with van der Waals surface area (Å²) < 4.78 is 8.63. The second-order valence-corrected chi connectivity index (χ2v) is 9.92. The van der Waals surface area contributed by atoms with Gasteiger partial charge < -0.3 is 19.5 Å². The number of halogens is 1. The van der Waals surface area contributed by atoms with Gasteiger partial charge in [-0.15, -0.1) is 5.10 Å². The lowest BCUT2D eigenvalue weighted by atomic mass is 10.0. The highest BCUT2D eigenvalue weighted by Crippen LogP contribution is 2.29. The summed E-state index contributed by atoms with van der Waals surface area (Å²) in [6, 6.07) is 7.56. The molecule has 8 nitrogen and oxygen atoms in total. The molecule has 1 aromatic carbocycles. The van der Waals surface area contributed by atoms with Crippen molar-refractivity contribution in [2.24, 2.45) is 7.05 Å². The van der Waals surface area contributed by atoms with Crippen molar-refractivity contribution >= 4 is 29.0 Å². The fourth-order valence-corrected chi connectivity index (χ4v) is 4.40. The number of anilines is 1. The quantitative estimate of drug-likeness (QED) is 0.626. The number of nitrogens with one attached hydrogen (secondary N) is 1. The first kappa shape index (κ1) is 23.2. The Kier molecular flexibility index (Phi) is 6.38. The maximum Gasteiger partial charge on any atom is 0.407 e. The zero-order valence-corrected chi connectivity index (χ0v) is 20.2. The Morgan fingerprint density at radius 1 is 1.27 bits per heavy atom. The monoisotopic (exact) mass is 471 g/mol. The molecule has 176 valence electrons. The van der Waals surface area contributed by atoms with Gasteiger partial charge in [-0.05, 0) is 45.2 Å². The second-order valence-electron chi connectivity index (χ2n) is 9.51. The minimum atomic E-state index is -0.553. The highest BCUT2D eigenvalue weighted by molar-refractivity contribution is 6.31. The number of rotatable bonds is 4. The van der Waals surface area contributed by atoms with Crippen LogP contribution >= 0.6 is 11.6 Å².